The van der Waals surface area contributed by atoms with Gasteiger partial charge in [-0.05, 0) is 72.8 Å². The number of urea groups is 1. The average molecular weight is 433 g/mol. The fourth-order valence-electron chi connectivity index (χ4n) is 3.09. The molecule has 0 bridgehead atoms. The van der Waals surface area contributed by atoms with Crippen LogP contribution in [0.15, 0.2) is 72.8 Å². The van der Waals surface area contributed by atoms with E-state index in [1.165, 1.54) is 0 Å². The van der Waals surface area contributed by atoms with Crippen molar-refractivity contribution in [1.82, 2.24) is 0 Å². The summed E-state index contributed by atoms with van der Waals surface area (Å²) in [6.07, 6.45) is 0. The average Bonchev–Trinajstić information content (AvgIpc) is 2.70. The first-order chi connectivity index (χ1) is 13.5. The summed E-state index contributed by atoms with van der Waals surface area (Å²) < 4.78 is 0. The number of hydrogen-bond donors (Lipinski definition) is 0. The number of hydrogen-bond acceptors (Lipinski definition) is 2. The molecule has 0 spiro atoms. The van der Waals surface area contributed by atoms with Gasteiger partial charge in [0.05, 0.1) is 0 Å². The lowest BCUT2D eigenvalue weighted by Gasteiger charge is -2.43. The summed E-state index contributed by atoms with van der Waals surface area (Å²) in [5.74, 6) is 0. The minimum absolute atomic E-state index is 0.116. The van der Waals surface area contributed by atoms with Gasteiger partial charge < -0.3 is 4.90 Å². The maximum atomic E-state index is 13.3. The summed E-state index contributed by atoms with van der Waals surface area (Å²) in [6.45, 7) is 0.818. The van der Waals surface area contributed by atoms with Gasteiger partial charge in [-0.2, -0.15) is 0 Å². The van der Waals surface area contributed by atoms with Crippen molar-refractivity contribution in [2.24, 2.45) is 0 Å². The highest BCUT2D eigenvalue weighted by atomic mass is 35.5. The summed E-state index contributed by atoms with van der Waals surface area (Å²) in [4.78, 5) is 18.8. The summed E-state index contributed by atoms with van der Waals surface area (Å²) >= 11 is 18.1. The number of rotatable bonds is 3. The minimum Gasteiger partial charge on any atom is -0.335 e. The van der Waals surface area contributed by atoms with Crippen LogP contribution in [-0.4, -0.2) is 19.4 Å². The van der Waals surface area contributed by atoms with Crippen LogP contribution in [0.5, 0.6) is 0 Å². The Hall–Kier alpha value is -2.40. The highest BCUT2D eigenvalue weighted by Crippen LogP contribution is 2.29. The Bertz CT molecular complexity index is 918. The van der Waals surface area contributed by atoms with Crippen molar-refractivity contribution in [3.63, 3.8) is 0 Å². The molecule has 0 aliphatic carbocycles. The standard InChI is InChI=1S/C21H16Cl3N3O/c22-15-1-7-18(8-2-15)25-13-26(19-9-3-16(23)4-10-19)21(28)27(14-25)20-11-5-17(24)6-12-20/h1-12H,13-14H2. The molecule has 0 N–H and O–H groups in total. The van der Waals surface area contributed by atoms with E-state index >= 15 is 0 Å². The first-order valence-electron chi connectivity index (χ1n) is 8.62. The third-order valence-corrected chi connectivity index (χ3v) is 5.31. The number of anilines is 3. The molecule has 4 rings (SSSR count). The molecule has 142 valence electrons. The summed E-state index contributed by atoms with van der Waals surface area (Å²) in [5.41, 5.74) is 2.51. The lowest BCUT2D eigenvalue weighted by molar-refractivity contribution is 0.249. The normalized spacial score (nSPS) is 14.5. The molecular weight excluding hydrogens is 417 g/mol. The maximum absolute atomic E-state index is 13.3. The van der Waals surface area contributed by atoms with E-state index in [4.69, 9.17) is 34.8 Å². The second-order valence-electron chi connectivity index (χ2n) is 6.39. The van der Waals surface area contributed by atoms with Gasteiger partial charge in [-0.15, -0.1) is 0 Å². The van der Waals surface area contributed by atoms with Crippen molar-refractivity contribution in [2.45, 2.75) is 0 Å². The topological polar surface area (TPSA) is 26.8 Å². The lowest BCUT2D eigenvalue weighted by Crippen LogP contribution is -2.59. The largest absolute Gasteiger partial charge is 0.335 e. The highest BCUT2D eigenvalue weighted by Gasteiger charge is 2.32. The van der Waals surface area contributed by atoms with Crippen LogP contribution in [0.2, 0.25) is 15.1 Å². The van der Waals surface area contributed by atoms with Crippen LogP contribution in [0.25, 0.3) is 0 Å². The van der Waals surface area contributed by atoms with Crippen LogP contribution >= 0.6 is 34.8 Å². The second kappa shape index (κ2) is 7.92. The fraction of sp³-hybridized carbons (Fsp3) is 0.0952. The van der Waals surface area contributed by atoms with Gasteiger partial charge >= 0.3 is 6.03 Å². The quantitative estimate of drug-likeness (QED) is 0.471. The predicted molar refractivity (Wildman–Crippen MR) is 117 cm³/mol. The third-order valence-electron chi connectivity index (χ3n) is 4.55. The van der Waals surface area contributed by atoms with Gasteiger partial charge in [0.2, 0.25) is 0 Å². The molecule has 0 saturated carbocycles. The number of carbonyl (C=O) groups is 1. The Balaban J connectivity index is 1.72. The van der Waals surface area contributed by atoms with Crippen LogP contribution in [0.1, 0.15) is 0 Å². The van der Waals surface area contributed by atoms with E-state index < -0.39 is 0 Å². The van der Waals surface area contributed by atoms with E-state index in [9.17, 15) is 4.79 Å². The summed E-state index contributed by atoms with van der Waals surface area (Å²) in [7, 11) is 0. The minimum atomic E-state index is -0.116. The second-order valence-corrected chi connectivity index (χ2v) is 7.70. The SMILES string of the molecule is O=C1N(c2ccc(Cl)cc2)CN(c2ccc(Cl)cc2)CN1c1ccc(Cl)cc1. The molecule has 1 saturated heterocycles. The van der Waals surface area contributed by atoms with Crippen molar-refractivity contribution in [2.75, 3.05) is 28.0 Å². The van der Waals surface area contributed by atoms with Gasteiger partial charge in [-0.1, -0.05) is 34.8 Å². The first-order valence-corrected chi connectivity index (χ1v) is 9.75. The van der Waals surface area contributed by atoms with E-state index in [1.54, 1.807) is 34.1 Å². The first kappa shape index (κ1) is 18.9. The van der Waals surface area contributed by atoms with Crippen molar-refractivity contribution >= 4 is 57.9 Å². The van der Waals surface area contributed by atoms with Crippen LogP contribution in [0.3, 0.4) is 0 Å². The molecule has 7 heteroatoms. The van der Waals surface area contributed by atoms with Crippen LogP contribution < -0.4 is 14.7 Å². The number of halogens is 3. The molecule has 3 aromatic carbocycles. The molecular formula is C21H16Cl3N3O. The van der Waals surface area contributed by atoms with Gasteiger partial charge in [0, 0.05) is 32.1 Å². The molecule has 3 aromatic rings. The molecule has 0 aromatic heterocycles. The van der Waals surface area contributed by atoms with Crippen molar-refractivity contribution in [3.8, 4) is 0 Å². The Kier molecular flexibility index (Phi) is 5.36. The Morgan fingerprint density at radius 2 is 0.857 bits per heavy atom. The molecule has 4 nitrogen and oxygen atoms in total. The zero-order valence-corrected chi connectivity index (χ0v) is 17.0. The van der Waals surface area contributed by atoms with Crippen LogP contribution in [-0.2, 0) is 0 Å². The van der Waals surface area contributed by atoms with Crippen LogP contribution in [0.4, 0.5) is 21.9 Å². The van der Waals surface area contributed by atoms with Gasteiger partial charge in [0.1, 0.15) is 13.3 Å². The molecule has 1 fully saturated rings. The fourth-order valence-corrected chi connectivity index (χ4v) is 3.47. The lowest BCUT2D eigenvalue weighted by atomic mass is 10.2. The van der Waals surface area contributed by atoms with Gasteiger partial charge in [0.25, 0.3) is 0 Å². The number of amides is 2. The Morgan fingerprint density at radius 1 is 0.536 bits per heavy atom. The molecule has 0 atom stereocenters. The molecule has 0 unspecified atom stereocenters. The number of benzene rings is 3. The van der Waals surface area contributed by atoms with E-state index in [2.05, 4.69) is 4.90 Å². The van der Waals surface area contributed by atoms with Gasteiger partial charge in [0.15, 0.2) is 0 Å². The van der Waals surface area contributed by atoms with E-state index in [0.29, 0.717) is 28.4 Å². The van der Waals surface area contributed by atoms with E-state index in [-0.39, 0.29) is 6.03 Å². The molecule has 1 aliphatic rings. The zero-order chi connectivity index (χ0) is 19.7. The molecule has 2 amide bonds. The zero-order valence-electron chi connectivity index (χ0n) is 14.7. The maximum Gasteiger partial charge on any atom is 0.331 e. The highest BCUT2D eigenvalue weighted by molar-refractivity contribution is 6.31. The summed E-state index contributed by atoms with van der Waals surface area (Å²) in [5, 5.41) is 1.91. The molecule has 1 heterocycles. The Morgan fingerprint density at radius 3 is 1.21 bits per heavy atom. The van der Waals surface area contributed by atoms with Gasteiger partial charge in [-0.25, -0.2) is 4.79 Å². The Labute approximate surface area is 178 Å². The van der Waals surface area contributed by atoms with Crippen molar-refractivity contribution < 1.29 is 4.79 Å². The molecule has 28 heavy (non-hydrogen) atoms. The van der Waals surface area contributed by atoms with Crippen molar-refractivity contribution in [3.05, 3.63) is 87.9 Å². The molecule has 0 radical (unpaired) electrons. The smallest absolute Gasteiger partial charge is 0.331 e. The predicted octanol–water partition coefficient (Wildman–Crippen LogP) is 6.52. The monoisotopic (exact) mass is 431 g/mol. The number of nitrogens with zero attached hydrogens (tertiary/aromatic N) is 3. The van der Waals surface area contributed by atoms with E-state index in [1.807, 2.05) is 48.5 Å². The van der Waals surface area contributed by atoms with Crippen molar-refractivity contribution in [1.29, 1.82) is 0 Å². The third kappa shape index (κ3) is 3.90. The van der Waals surface area contributed by atoms with Crippen LogP contribution in [0, 0.1) is 0 Å². The summed E-state index contributed by atoms with van der Waals surface area (Å²) in [6, 6.07) is 21.9. The van der Waals surface area contributed by atoms with E-state index in [0.717, 1.165) is 17.1 Å². The molecule has 1 aliphatic heterocycles. The van der Waals surface area contributed by atoms with Gasteiger partial charge in [-0.3, -0.25) is 9.80 Å². The number of carbonyl (C=O) groups excluding carboxylic acids is 1.